The first-order chi connectivity index (χ1) is 5.58. The molecular formula is C7H12BrN3O. The van der Waals surface area contributed by atoms with Crippen molar-refractivity contribution < 1.29 is 4.84 Å². The van der Waals surface area contributed by atoms with Gasteiger partial charge in [0.05, 0.1) is 23.0 Å². The van der Waals surface area contributed by atoms with Crippen molar-refractivity contribution in [2.45, 2.75) is 19.3 Å². The van der Waals surface area contributed by atoms with E-state index in [0.717, 1.165) is 10.2 Å². The molecule has 0 aliphatic heterocycles. The predicted octanol–water partition coefficient (Wildman–Crippen LogP) is 1.34. The van der Waals surface area contributed by atoms with Crippen molar-refractivity contribution in [3.8, 4) is 0 Å². The van der Waals surface area contributed by atoms with Gasteiger partial charge in [0.2, 0.25) is 0 Å². The van der Waals surface area contributed by atoms with Crippen LogP contribution in [0.2, 0.25) is 0 Å². The fraction of sp³-hybridized carbons (Fsp3) is 0.571. The molecule has 1 rings (SSSR count). The standard InChI is InChI=1S/C7H12BrN3O/c1-7(2,4-12-9)6-5(8)3-10-11-6/h3H,4,9H2,1-2H3,(H,10,11). The van der Waals surface area contributed by atoms with Gasteiger partial charge in [-0.25, -0.2) is 5.90 Å². The first-order valence-electron chi connectivity index (χ1n) is 3.59. The van der Waals surface area contributed by atoms with Gasteiger partial charge in [-0.3, -0.25) is 5.10 Å². The van der Waals surface area contributed by atoms with E-state index in [1.807, 2.05) is 13.8 Å². The van der Waals surface area contributed by atoms with E-state index < -0.39 is 0 Å². The lowest BCUT2D eigenvalue weighted by Gasteiger charge is -2.21. The highest BCUT2D eigenvalue weighted by Gasteiger charge is 2.25. The highest BCUT2D eigenvalue weighted by atomic mass is 79.9. The summed E-state index contributed by atoms with van der Waals surface area (Å²) < 4.78 is 0.949. The molecule has 0 saturated heterocycles. The summed E-state index contributed by atoms with van der Waals surface area (Å²) in [4.78, 5) is 4.62. The number of hydrogen-bond donors (Lipinski definition) is 2. The van der Waals surface area contributed by atoms with E-state index in [-0.39, 0.29) is 5.41 Å². The third-order valence-corrected chi connectivity index (χ3v) is 2.32. The van der Waals surface area contributed by atoms with Gasteiger partial charge in [-0.2, -0.15) is 5.10 Å². The number of rotatable bonds is 3. The highest BCUT2D eigenvalue weighted by molar-refractivity contribution is 9.10. The maximum absolute atomic E-state index is 5.02. The van der Waals surface area contributed by atoms with Gasteiger partial charge < -0.3 is 4.84 Å². The van der Waals surface area contributed by atoms with Gasteiger partial charge in [0.1, 0.15) is 0 Å². The zero-order valence-electron chi connectivity index (χ0n) is 7.10. The minimum absolute atomic E-state index is 0.149. The van der Waals surface area contributed by atoms with Gasteiger partial charge in [-0.05, 0) is 15.9 Å². The summed E-state index contributed by atoms with van der Waals surface area (Å²) in [5.41, 5.74) is 0.845. The van der Waals surface area contributed by atoms with Crippen molar-refractivity contribution in [1.29, 1.82) is 0 Å². The largest absolute Gasteiger partial charge is 0.304 e. The number of H-pyrrole nitrogens is 1. The van der Waals surface area contributed by atoms with E-state index in [1.54, 1.807) is 6.20 Å². The average Bonchev–Trinajstić information content (AvgIpc) is 2.35. The molecule has 12 heavy (non-hydrogen) atoms. The number of nitrogens with two attached hydrogens (primary N) is 1. The number of halogens is 1. The molecule has 0 atom stereocenters. The molecule has 0 spiro atoms. The molecule has 1 aromatic heterocycles. The van der Waals surface area contributed by atoms with Gasteiger partial charge in [0, 0.05) is 5.41 Å². The van der Waals surface area contributed by atoms with Crippen LogP contribution >= 0.6 is 15.9 Å². The molecule has 5 heteroatoms. The van der Waals surface area contributed by atoms with Gasteiger partial charge >= 0.3 is 0 Å². The molecule has 0 saturated carbocycles. The first kappa shape index (κ1) is 9.70. The normalized spacial score (nSPS) is 12.0. The van der Waals surface area contributed by atoms with E-state index in [1.165, 1.54) is 0 Å². The lowest BCUT2D eigenvalue weighted by molar-refractivity contribution is 0.0946. The van der Waals surface area contributed by atoms with Crippen molar-refractivity contribution in [2.75, 3.05) is 6.61 Å². The van der Waals surface area contributed by atoms with E-state index >= 15 is 0 Å². The van der Waals surface area contributed by atoms with E-state index in [9.17, 15) is 0 Å². The lowest BCUT2D eigenvalue weighted by Crippen LogP contribution is -2.27. The van der Waals surface area contributed by atoms with Crippen molar-refractivity contribution in [3.05, 3.63) is 16.4 Å². The summed E-state index contributed by atoms with van der Waals surface area (Å²) in [6, 6.07) is 0. The van der Waals surface area contributed by atoms with Crippen LogP contribution in [0.25, 0.3) is 0 Å². The van der Waals surface area contributed by atoms with Crippen LogP contribution in [0.4, 0.5) is 0 Å². The topological polar surface area (TPSA) is 63.9 Å². The summed E-state index contributed by atoms with van der Waals surface area (Å²) >= 11 is 3.38. The Balaban J connectivity index is 2.88. The van der Waals surface area contributed by atoms with Gasteiger partial charge in [0.15, 0.2) is 0 Å². The smallest absolute Gasteiger partial charge is 0.0785 e. The molecule has 0 radical (unpaired) electrons. The maximum Gasteiger partial charge on any atom is 0.0785 e. The molecule has 0 bridgehead atoms. The minimum Gasteiger partial charge on any atom is -0.304 e. The second kappa shape index (κ2) is 3.55. The molecule has 3 N–H and O–H groups in total. The fourth-order valence-corrected chi connectivity index (χ4v) is 1.75. The molecule has 1 heterocycles. The molecule has 4 nitrogen and oxygen atoms in total. The Morgan fingerprint density at radius 3 is 2.83 bits per heavy atom. The second-order valence-corrected chi connectivity index (χ2v) is 4.14. The van der Waals surface area contributed by atoms with Crippen LogP contribution in [0.3, 0.4) is 0 Å². The summed E-state index contributed by atoms with van der Waals surface area (Å²) in [5.74, 6) is 5.02. The fourth-order valence-electron chi connectivity index (χ4n) is 1.03. The van der Waals surface area contributed by atoms with Gasteiger partial charge in [0.25, 0.3) is 0 Å². The van der Waals surface area contributed by atoms with Crippen LogP contribution in [0.1, 0.15) is 19.5 Å². The third kappa shape index (κ3) is 1.85. The van der Waals surface area contributed by atoms with E-state index in [2.05, 4.69) is 31.0 Å². The predicted molar refractivity (Wildman–Crippen MR) is 49.5 cm³/mol. The monoisotopic (exact) mass is 233 g/mol. The second-order valence-electron chi connectivity index (χ2n) is 3.29. The summed E-state index contributed by atoms with van der Waals surface area (Å²) in [7, 11) is 0. The van der Waals surface area contributed by atoms with Crippen LogP contribution < -0.4 is 5.90 Å². The summed E-state index contributed by atoms with van der Waals surface area (Å²) in [5, 5.41) is 6.80. The number of aromatic nitrogens is 2. The third-order valence-electron chi connectivity index (χ3n) is 1.71. The SMILES string of the molecule is CC(C)(CON)c1[nH]ncc1Br. The molecular weight excluding hydrogens is 222 g/mol. The Labute approximate surface area is 79.6 Å². The zero-order chi connectivity index (χ0) is 9.19. The Morgan fingerprint density at radius 1 is 1.75 bits per heavy atom. The Morgan fingerprint density at radius 2 is 2.42 bits per heavy atom. The first-order valence-corrected chi connectivity index (χ1v) is 4.38. The molecule has 0 amide bonds. The number of aromatic amines is 1. The minimum atomic E-state index is -0.149. The highest BCUT2D eigenvalue weighted by Crippen LogP contribution is 2.27. The molecule has 1 aromatic rings. The molecule has 68 valence electrons. The van der Waals surface area contributed by atoms with E-state index in [4.69, 9.17) is 5.90 Å². The molecule has 0 fully saturated rings. The Hall–Kier alpha value is -0.390. The number of hydrogen-bond acceptors (Lipinski definition) is 3. The number of nitrogens with one attached hydrogen (secondary N) is 1. The van der Waals surface area contributed by atoms with Crippen LogP contribution in [0.5, 0.6) is 0 Å². The number of nitrogens with zero attached hydrogens (tertiary/aromatic N) is 1. The van der Waals surface area contributed by atoms with Crippen molar-refractivity contribution in [1.82, 2.24) is 10.2 Å². The lowest BCUT2D eigenvalue weighted by atomic mass is 9.91. The van der Waals surface area contributed by atoms with Gasteiger partial charge in [-0.15, -0.1) is 0 Å². The van der Waals surface area contributed by atoms with E-state index in [0.29, 0.717) is 6.61 Å². The summed E-state index contributed by atoms with van der Waals surface area (Å²) in [6.45, 7) is 4.50. The van der Waals surface area contributed by atoms with Crippen LogP contribution in [-0.2, 0) is 10.3 Å². The zero-order valence-corrected chi connectivity index (χ0v) is 8.68. The average molecular weight is 234 g/mol. The quantitative estimate of drug-likeness (QED) is 0.775. The van der Waals surface area contributed by atoms with Crippen LogP contribution in [0.15, 0.2) is 10.7 Å². The van der Waals surface area contributed by atoms with Crippen molar-refractivity contribution >= 4 is 15.9 Å². The molecule has 0 unspecified atom stereocenters. The maximum atomic E-state index is 5.02. The van der Waals surface area contributed by atoms with Crippen molar-refractivity contribution in [2.24, 2.45) is 5.90 Å². The Kier molecular flexibility index (Phi) is 2.87. The Bertz CT molecular complexity index is 259. The van der Waals surface area contributed by atoms with Gasteiger partial charge in [-0.1, -0.05) is 13.8 Å². The van der Waals surface area contributed by atoms with Crippen LogP contribution in [-0.4, -0.2) is 16.8 Å². The van der Waals surface area contributed by atoms with Crippen LogP contribution in [0, 0.1) is 0 Å². The molecule has 0 aliphatic rings. The molecule has 0 aliphatic carbocycles. The summed E-state index contributed by atoms with van der Waals surface area (Å²) in [6.07, 6.45) is 1.72. The van der Waals surface area contributed by atoms with Crippen molar-refractivity contribution in [3.63, 3.8) is 0 Å². The molecule has 0 aromatic carbocycles.